The zero-order chi connectivity index (χ0) is 13.9. The van der Waals surface area contributed by atoms with Gasteiger partial charge in [-0.1, -0.05) is 0 Å². The maximum Gasteiger partial charge on any atom is 0.357 e. The van der Waals surface area contributed by atoms with E-state index in [2.05, 4.69) is 0 Å². The predicted molar refractivity (Wildman–Crippen MR) is 63.4 cm³/mol. The molecular weight excluding hydrogens is 236 g/mol. The second-order valence-corrected chi connectivity index (χ2v) is 6.30. The lowest BCUT2D eigenvalue weighted by Crippen LogP contribution is -3.34. The van der Waals surface area contributed by atoms with Crippen LogP contribution in [0.5, 0.6) is 0 Å². The molecule has 0 aromatic carbocycles. The smallest absolute Gasteiger partial charge is 0.307 e. The van der Waals surface area contributed by atoms with E-state index < -0.39 is 11.2 Å². The number of likely N-dealkylation sites (N-methyl/N-ethyl adjacent to an activating group) is 1. The molecule has 18 heavy (non-hydrogen) atoms. The first-order valence-electron chi connectivity index (χ1n) is 6.15. The van der Waals surface area contributed by atoms with E-state index in [0.29, 0.717) is 12.2 Å². The van der Waals surface area contributed by atoms with Gasteiger partial charge >= 0.3 is 5.70 Å². The third-order valence-electron chi connectivity index (χ3n) is 4.17. The highest BCUT2D eigenvalue weighted by molar-refractivity contribution is 5.18. The molecule has 0 radical (unpaired) electrons. The van der Waals surface area contributed by atoms with Crippen molar-refractivity contribution in [3.63, 3.8) is 0 Å². The predicted octanol–water partition coefficient (Wildman–Crippen LogP) is -1.94. The minimum atomic E-state index is -0.706. The zero-order valence-corrected chi connectivity index (χ0v) is 11.6. The number of nitro groups is 1. The quantitative estimate of drug-likeness (QED) is 0.378. The van der Waals surface area contributed by atoms with E-state index in [0.717, 1.165) is 16.5 Å². The van der Waals surface area contributed by atoms with Crippen molar-refractivity contribution >= 4 is 0 Å². The highest BCUT2D eigenvalue weighted by atomic mass is 16.6. The number of hydrogen-bond donors (Lipinski definition) is 3. The number of fused-ring (bicyclic) bond motifs is 1. The Kier molecular flexibility index (Phi) is 2.78. The molecule has 2 aliphatic rings. The molecule has 0 aromatic heterocycles. The van der Waals surface area contributed by atoms with E-state index in [1.165, 1.54) is 5.06 Å². The number of nitrogens with zero attached hydrogens (tertiary/aromatic N) is 2. The summed E-state index contributed by atoms with van der Waals surface area (Å²) in [6.07, 6.45) is 0. The van der Waals surface area contributed by atoms with Crippen LogP contribution < -0.4 is 9.80 Å². The number of quaternary nitrogens is 2. The van der Waals surface area contributed by atoms with Crippen molar-refractivity contribution in [3.05, 3.63) is 21.5 Å². The maximum atomic E-state index is 11.3. The molecule has 2 heterocycles. The summed E-state index contributed by atoms with van der Waals surface area (Å²) in [6.45, 7) is 8.63. The van der Waals surface area contributed by atoms with Crippen molar-refractivity contribution < 1.29 is 19.9 Å². The van der Waals surface area contributed by atoms with Crippen molar-refractivity contribution in [2.24, 2.45) is 0 Å². The van der Waals surface area contributed by atoms with Crippen LogP contribution in [0.15, 0.2) is 11.4 Å². The lowest BCUT2D eigenvalue weighted by Gasteiger charge is -2.33. The van der Waals surface area contributed by atoms with Gasteiger partial charge in [0.25, 0.3) is 0 Å². The molecule has 1 fully saturated rings. The second-order valence-electron chi connectivity index (χ2n) is 6.30. The Bertz CT molecular complexity index is 430. The maximum absolute atomic E-state index is 11.3. The summed E-state index contributed by atoms with van der Waals surface area (Å²) in [5.41, 5.74) is -0.307. The molecule has 7 nitrogen and oxygen atoms in total. The summed E-state index contributed by atoms with van der Waals surface area (Å²) in [5.74, 6) is 0. The van der Waals surface area contributed by atoms with Gasteiger partial charge in [0.15, 0.2) is 12.2 Å². The SMILES string of the molecule is C[NH+]1CC([N+](=O)[O-])=C2[NH+](C1)C(C)(C)N(O)C2(C)C. The lowest BCUT2D eigenvalue weighted by atomic mass is 9.98. The molecule has 2 atom stereocenters. The molecule has 2 unspecified atom stereocenters. The molecule has 0 saturated carbocycles. The van der Waals surface area contributed by atoms with Crippen LogP contribution >= 0.6 is 0 Å². The van der Waals surface area contributed by atoms with Crippen LogP contribution in [0.3, 0.4) is 0 Å². The van der Waals surface area contributed by atoms with Gasteiger partial charge in [0.1, 0.15) is 5.54 Å². The summed E-state index contributed by atoms with van der Waals surface area (Å²) < 4.78 is 0. The third kappa shape index (κ3) is 1.58. The van der Waals surface area contributed by atoms with Gasteiger partial charge in [0.05, 0.1) is 12.0 Å². The van der Waals surface area contributed by atoms with Gasteiger partial charge in [0.2, 0.25) is 12.4 Å². The lowest BCUT2D eigenvalue weighted by molar-refractivity contribution is -1.09. The van der Waals surface area contributed by atoms with Gasteiger partial charge in [-0.15, -0.1) is 5.06 Å². The summed E-state index contributed by atoms with van der Waals surface area (Å²) >= 11 is 0. The highest BCUT2D eigenvalue weighted by Gasteiger charge is 2.64. The Morgan fingerprint density at radius 3 is 2.44 bits per heavy atom. The largest absolute Gasteiger partial charge is 0.357 e. The van der Waals surface area contributed by atoms with Crippen molar-refractivity contribution in [1.82, 2.24) is 5.06 Å². The normalized spacial score (nSPS) is 34.6. The topological polar surface area (TPSA) is 75.5 Å². The molecule has 102 valence electrons. The summed E-state index contributed by atoms with van der Waals surface area (Å²) in [6, 6.07) is 0. The molecule has 3 N–H and O–H groups in total. The van der Waals surface area contributed by atoms with Crippen LogP contribution in [0.4, 0.5) is 0 Å². The van der Waals surface area contributed by atoms with Crippen LogP contribution in [0.1, 0.15) is 27.7 Å². The van der Waals surface area contributed by atoms with Crippen molar-refractivity contribution in [1.29, 1.82) is 0 Å². The van der Waals surface area contributed by atoms with E-state index in [9.17, 15) is 15.3 Å². The third-order valence-corrected chi connectivity index (χ3v) is 4.17. The minimum absolute atomic E-state index is 0.239. The Morgan fingerprint density at radius 2 is 1.94 bits per heavy atom. The molecular formula is C11H22N4O3+2. The minimum Gasteiger partial charge on any atom is -0.307 e. The van der Waals surface area contributed by atoms with Gasteiger partial charge in [-0.05, 0) is 13.8 Å². The van der Waals surface area contributed by atoms with Gasteiger partial charge < -0.3 is 5.21 Å². The molecule has 2 aliphatic heterocycles. The van der Waals surface area contributed by atoms with Crippen LogP contribution in [-0.2, 0) is 0 Å². The highest BCUT2D eigenvalue weighted by Crippen LogP contribution is 2.32. The zero-order valence-electron chi connectivity index (χ0n) is 11.6. The first-order chi connectivity index (χ1) is 8.10. The standard InChI is InChI=1S/C11H20N4O3/c1-10(2)9-8(14(16)17)6-12(5)7-13(9)11(3,4)15(10)18/h18H,6-7H2,1-5H3/p+2. The first kappa shape index (κ1) is 13.4. The fourth-order valence-electron chi connectivity index (χ4n) is 3.33. The summed E-state index contributed by atoms with van der Waals surface area (Å²) in [4.78, 5) is 13.0. The Morgan fingerprint density at radius 1 is 1.39 bits per heavy atom. The molecule has 2 rings (SSSR count). The molecule has 7 heteroatoms. The summed E-state index contributed by atoms with van der Waals surface area (Å²) in [7, 11) is 1.94. The Labute approximate surface area is 106 Å². The van der Waals surface area contributed by atoms with Crippen LogP contribution in [-0.4, -0.2) is 46.7 Å². The number of nitrogens with one attached hydrogen (secondary N) is 2. The van der Waals surface area contributed by atoms with Gasteiger partial charge in [-0.2, -0.15) is 0 Å². The molecule has 0 amide bonds. The van der Waals surface area contributed by atoms with Crippen molar-refractivity contribution in [3.8, 4) is 0 Å². The Balaban J connectivity index is 2.65. The average molecular weight is 258 g/mol. The number of hydroxylamine groups is 2. The van der Waals surface area contributed by atoms with E-state index in [1.807, 2.05) is 34.7 Å². The van der Waals surface area contributed by atoms with Crippen LogP contribution in [0.2, 0.25) is 0 Å². The first-order valence-corrected chi connectivity index (χ1v) is 6.15. The fourth-order valence-corrected chi connectivity index (χ4v) is 3.33. The molecule has 0 aromatic rings. The van der Waals surface area contributed by atoms with Crippen LogP contribution in [0.25, 0.3) is 0 Å². The molecule has 0 spiro atoms. The van der Waals surface area contributed by atoms with E-state index >= 15 is 0 Å². The van der Waals surface area contributed by atoms with Crippen molar-refractivity contribution in [2.75, 3.05) is 20.3 Å². The van der Waals surface area contributed by atoms with Gasteiger partial charge in [-0.25, -0.2) is 4.90 Å². The Hall–Kier alpha value is -1.02. The monoisotopic (exact) mass is 258 g/mol. The fraction of sp³-hybridized carbons (Fsp3) is 0.818. The number of hydrogen-bond acceptors (Lipinski definition) is 4. The van der Waals surface area contributed by atoms with E-state index in [1.54, 1.807) is 0 Å². The average Bonchev–Trinajstić information content (AvgIpc) is 2.37. The molecule has 0 aliphatic carbocycles. The van der Waals surface area contributed by atoms with Gasteiger partial charge in [0, 0.05) is 13.8 Å². The number of rotatable bonds is 1. The molecule has 0 bridgehead atoms. The summed E-state index contributed by atoms with van der Waals surface area (Å²) in [5, 5.41) is 22.9. The van der Waals surface area contributed by atoms with Crippen molar-refractivity contribution in [2.45, 2.75) is 38.9 Å². The van der Waals surface area contributed by atoms with Gasteiger partial charge in [-0.3, -0.25) is 15.0 Å². The van der Waals surface area contributed by atoms with Crippen LogP contribution in [0, 0.1) is 10.1 Å². The second kappa shape index (κ2) is 3.74. The van der Waals surface area contributed by atoms with E-state index in [4.69, 9.17) is 0 Å². The molecule has 1 saturated heterocycles. The van der Waals surface area contributed by atoms with E-state index in [-0.39, 0.29) is 10.6 Å².